The molecule has 0 bridgehead atoms. The Morgan fingerprint density at radius 2 is 2.31 bits per heavy atom. The summed E-state index contributed by atoms with van der Waals surface area (Å²) in [5.41, 5.74) is 0. The van der Waals surface area contributed by atoms with Crippen LogP contribution in [-0.2, 0) is 4.74 Å². The molecule has 0 saturated carbocycles. The van der Waals surface area contributed by atoms with E-state index in [1.165, 1.54) is 51.9 Å². The van der Waals surface area contributed by atoms with Crippen LogP contribution in [0, 0.1) is 5.92 Å². The van der Waals surface area contributed by atoms with Gasteiger partial charge in [-0.25, -0.2) is 0 Å². The van der Waals surface area contributed by atoms with Crippen LogP contribution in [0.1, 0.15) is 32.6 Å². The SMILES string of the molecule is CCOCCCN1CCC2NCCCC2C1. The summed E-state index contributed by atoms with van der Waals surface area (Å²) >= 11 is 0. The summed E-state index contributed by atoms with van der Waals surface area (Å²) in [5, 5.41) is 3.67. The van der Waals surface area contributed by atoms with Gasteiger partial charge in [-0.3, -0.25) is 0 Å². The van der Waals surface area contributed by atoms with Crippen LogP contribution in [0.15, 0.2) is 0 Å². The fraction of sp³-hybridized carbons (Fsp3) is 1.00. The standard InChI is InChI=1S/C13H26N2O/c1-2-16-10-4-8-15-9-6-13-12(11-15)5-3-7-14-13/h12-14H,2-11H2,1H3. The third-order valence-electron chi connectivity index (χ3n) is 3.94. The molecule has 94 valence electrons. The van der Waals surface area contributed by atoms with Crippen molar-refractivity contribution in [2.24, 2.45) is 5.92 Å². The van der Waals surface area contributed by atoms with Crippen molar-refractivity contribution in [1.82, 2.24) is 10.2 Å². The predicted octanol–water partition coefficient (Wildman–Crippen LogP) is 1.49. The fourth-order valence-corrected chi connectivity index (χ4v) is 3.06. The van der Waals surface area contributed by atoms with E-state index in [4.69, 9.17) is 4.74 Å². The zero-order chi connectivity index (χ0) is 11.2. The second kappa shape index (κ2) is 6.58. The smallest absolute Gasteiger partial charge is 0.0478 e. The van der Waals surface area contributed by atoms with E-state index in [1.807, 2.05) is 0 Å². The lowest BCUT2D eigenvalue weighted by atomic mass is 9.85. The van der Waals surface area contributed by atoms with E-state index < -0.39 is 0 Å². The normalized spacial score (nSPS) is 31.3. The molecule has 0 radical (unpaired) electrons. The Morgan fingerprint density at radius 3 is 3.19 bits per heavy atom. The maximum atomic E-state index is 5.39. The van der Waals surface area contributed by atoms with Gasteiger partial charge in [0.05, 0.1) is 0 Å². The van der Waals surface area contributed by atoms with Crippen LogP contribution in [0.25, 0.3) is 0 Å². The zero-order valence-corrected chi connectivity index (χ0v) is 10.6. The predicted molar refractivity (Wildman–Crippen MR) is 66.7 cm³/mol. The third kappa shape index (κ3) is 3.44. The van der Waals surface area contributed by atoms with Crippen molar-refractivity contribution < 1.29 is 4.74 Å². The maximum absolute atomic E-state index is 5.39. The van der Waals surface area contributed by atoms with Crippen molar-refractivity contribution in [1.29, 1.82) is 0 Å². The first-order valence-electron chi connectivity index (χ1n) is 6.93. The average Bonchev–Trinajstić information content (AvgIpc) is 2.34. The van der Waals surface area contributed by atoms with Gasteiger partial charge in [0.15, 0.2) is 0 Å². The molecule has 2 unspecified atom stereocenters. The molecule has 0 aromatic carbocycles. The Hall–Kier alpha value is -0.120. The van der Waals surface area contributed by atoms with Crippen LogP contribution in [-0.4, -0.2) is 50.3 Å². The first-order valence-corrected chi connectivity index (χ1v) is 6.93. The van der Waals surface area contributed by atoms with E-state index in [0.717, 1.165) is 25.2 Å². The summed E-state index contributed by atoms with van der Waals surface area (Å²) < 4.78 is 5.39. The van der Waals surface area contributed by atoms with Gasteiger partial charge in [0.2, 0.25) is 0 Å². The van der Waals surface area contributed by atoms with Crippen LogP contribution in [0.5, 0.6) is 0 Å². The minimum absolute atomic E-state index is 0.817. The average molecular weight is 226 g/mol. The van der Waals surface area contributed by atoms with Crippen LogP contribution >= 0.6 is 0 Å². The molecule has 2 aliphatic heterocycles. The number of nitrogens with zero attached hydrogens (tertiary/aromatic N) is 1. The van der Waals surface area contributed by atoms with E-state index in [2.05, 4.69) is 17.1 Å². The Kier molecular flexibility index (Phi) is 5.07. The highest BCUT2D eigenvalue weighted by molar-refractivity contribution is 4.88. The van der Waals surface area contributed by atoms with Gasteiger partial charge in [0.25, 0.3) is 0 Å². The van der Waals surface area contributed by atoms with E-state index >= 15 is 0 Å². The molecule has 2 rings (SSSR count). The molecule has 2 atom stereocenters. The molecule has 2 heterocycles. The number of hydrogen-bond acceptors (Lipinski definition) is 3. The van der Waals surface area contributed by atoms with Gasteiger partial charge in [-0.05, 0) is 51.6 Å². The maximum Gasteiger partial charge on any atom is 0.0478 e. The van der Waals surface area contributed by atoms with E-state index in [-0.39, 0.29) is 0 Å². The van der Waals surface area contributed by atoms with Crippen molar-refractivity contribution in [2.45, 2.75) is 38.6 Å². The van der Waals surface area contributed by atoms with Gasteiger partial charge < -0.3 is 15.0 Å². The van der Waals surface area contributed by atoms with Gasteiger partial charge in [0.1, 0.15) is 0 Å². The van der Waals surface area contributed by atoms with Crippen molar-refractivity contribution in [3.05, 3.63) is 0 Å². The summed E-state index contributed by atoms with van der Waals surface area (Å²) in [4.78, 5) is 2.63. The van der Waals surface area contributed by atoms with Crippen LogP contribution in [0.4, 0.5) is 0 Å². The fourth-order valence-electron chi connectivity index (χ4n) is 3.06. The molecular formula is C13H26N2O. The number of fused-ring (bicyclic) bond motifs is 1. The molecule has 0 aliphatic carbocycles. The lowest BCUT2D eigenvalue weighted by Crippen LogP contribution is -2.52. The Morgan fingerprint density at radius 1 is 1.38 bits per heavy atom. The number of piperidine rings is 2. The second-order valence-corrected chi connectivity index (χ2v) is 5.10. The molecule has 16 heavy (non-hydrogen) atoms. The molecule has 3 heteroatoms. The highest BCUT2D eigenvalue weighted by Crippen LogP contribution is 2.24. The minimum atomic E-state index is 0.817. The van der Waals surface area contributed by atoms with Crippen LogP contribution < -0.4 is 5.32 Å². The summed E-state index contributed by atoms with van der Waals surface area (Å²) in [6.07, 6.45) is 5.34. The molecule has 2 fully saturated rings. The lowest BCUT2D eigenvalue weighted by molar-refractivity contribution is 0.0931. The van der Waals surface area contributed by atoms with E-state index in [0.29, 0.717) is 0 Å². The molecule has 0 aromatic heterocycles. The largest absolute Gasteiger partial charge is 0.382 e. The first kappa shape index (κ1) is 12.3. The molecule has 0 aromatic rings. The topological polar surface area (TPSA) is 24.5 Å². The Bertz CT molecular complexity index is 198. The van der Waals surface area contributed by atoms with Crippen LogP contribution in [0.2, 0.25) is 0 Å². The van der Waals surface area contributed by atoms with Crippen molar-refractivity contribution >= 4 is 0 Å². The lowest BCUT2D eigenvalue weighted by Gasteiger charge is -2.41. The number of rotatable bonds is 5. The molecular weight excluding hydrogens is 200 g/mol. The number of ether oxygens (including phenoxy) is 1. The van der Waals surface area contributed by atoms with Gasteiger partial charge in [-0.15, -0.1) is 0 Å². The summed E-state index contributed by atoms with van der Waals surface area (Å²) in [6.45, 7) is 8.91. The molecule has 0 spiro atoms. The molecule has 2 aliphatic rings. The van der Waals surface area contributed by atoms with E-state index in [1.54, 1.807) is 0 Å². The van der Waals surface area contributed by atoms with Crippen molar-refractivity contribution in [3.63, 3.8) is 0 Å². The summed E-state index contributed by atoms with van der Waals surface area (Å²) in [6, 6.07) is 0.817. The second-order valence-electron chi connectivity index (χ2n) is 5.10. The quantitative estimate of drug-likeness (QED) is 0.719. The molecule has 2 saturated heterocycles. The van der Waals surface area contributed by atoms with Gasteiger partial charge in [0, 0.05) is 32.3 Å². The monoisotopic (exact) mass is 226 g/mol. The van der Waals surface area contributed by atoms with Crippen molar-refractivity contribution in [3.8, 4) is 0 Å². The van der Waals surface area contributed by atoms with Gasteiger partial charge >= 0.3 is 0 Å². The highest BCUT2D eigenvalue weighted by atomic mass is 16.5. The third-order valence-corrected chi connectivity index (χ3v) is 3.94. The molecule has 3 nitrogen and oxygen atoms in total. The number of nitrogens with one attached hydrogen (secondary N) is 1. The van der Waals surface area contributed by atoms with Gasteiger partial charge in [-0.2, -0.15) is 0 Å². The highest BCUT2D eigenvalue weighted by Gasteiger charge is 2.30. The first-order chi connectivity index (χ1) is 7.90. The van der Waals surface area contributed by atoms with E-state index in [9.17, 15) is 0 Å². The zero-order valence-electron chi connectivity index (χ0n) is 10.6. The van der Waals surface area contributed by atoms with Crippen molar-refractivity contribution in [2.75, 3.05) is 39.4 Å². The molecule has 0 amide bonds. The minimum Gasteiger partial charge on any atom is -0.382 e. The Labute approximate surface area is 99.5 Å². The van der Waals surface area contributed by atoms with Crippen LogP contribution in [0.3, 0.4) is 0 Å². The number of likely N-dealkylation sites (tertiary alicyclic amines) is 1. The summed E-state index contributed by atoms with van der Waals surface area (Å²) in [5.74, 6) is 0.912. The Balaban J connectivity index is 1.65. The van der Waals surface area contributed by atoms with Gasteiger partial charge in [-0.1, -0.05) is 0 Å². The number of hydrogen-bond donors (Lipinski definition) is 1. The molecule has 1 N–H and O–H groups in total. The summed E-state index contributed by atoms with van der Waals surface area (Å²) in [7, 11) is 0.